The molecule has 2 unspecified atom stereocenters. The highest BCUT2D eigenvalue weighted by molar-refractivity contribution is 6.30. The second kappa shape index (κ2) is 5.67. The van der Waals surface area contributed by atoms with E-state index in [1.54, 1.807) is 6.07 Å². The second-order valence-corrected chi connectivity index (χ2v) is 6.99. The lowest BCUT2D eigenvalue weighted by atomic mass is 9.75. The molecule has 0 aromatic heterocycles. The molecule has 0 saturated carbocycles. The van der Waals surface area contributed by atoms with E-state index in [-0.39, 0.29) is 12.0 Å². The van der Waals surface area contributed by atoms with Crippen LogP contribution in [0.15, 0.2) is 48.6 Å². The van der Waals surface area contributed by atoms with Crippen molar-refractivity contribution < 1.29 is 9.90 Å². The number of hydrogen-bond donors (Lipinski definition) is 2. The largest absolute Gasteiger partial charge is 0.478 e. The normalized spacial score (nSPS) is 24.2. The number of fused-ring (bicyclic) bond motifs is 3. The van der Waals surface area contributed by atoms with Crippen molar-refractivity contribution in [1.29, 1.82) is 0 Å². The Hall–Kier alpha value is -2.26. The van der Waals surface area contributed by atoms with Crippen molar-refractivity contribution in [1.82, 2.24) is 0 Å². The van der Waals surface area contributed by atoms with E-state index in [1.165, 1.54) is 5.56 Å². The molecule has 2 aromatic carbocycles. The quantitative estimate of drug-likeness (QED) is 0.742. The van der Waals surface area contributed by atoms with Crippen LogP contribution in [-0.2, 0) is 0 Å². The highest BCUT2D eigenvalue weighted by Crippen LogP contribution is 2.51. The van der Waals surface area contributed by atoms with Gasteiger partial charge in [-0.15, -0.1) is 0 Å². The fraction of sp³-hybridized carbons (Fsp3) is 0.250. The van der Waals surface area contributed by atoms with Crippen LogP contribution in [0.4, 0.5) is 5.69 Å². The zero-order chi connectivity index (χ0) is 16.8. The molecule has 1 aliphatic carbocycles. The summed E-state index contributed by atoms with van der Waals surface area (Å²) >= 11 is 6.03. The molecule has 2 aliphatic rings. The molecule has 4 rings (SSSR count). The number of aryl methyl sites for hydroxylation is 1. The first-order valence-electron chi connectivity index (χ1n) is 8.11. The van der Waals surface area contributed by atoms with Crippen LogP contribution in [0.25, 0.3) is 0 Å². The molecule has 0 amide bonds. The predicted octanol–water partition coefficient (Wildman–Crippen LogP) is 5.17. The van der Waals surface area contributed by atoms with E-state index < -0.39 is 5.97 Å². The molecule has 24 heavy (non-hydrogen) atoms. The highest BCUT2D eigenvalue weighted by Gasteiger charge is 2.40. The van der Waals surface area contributed by atoms with E-state index in [2.05, 4.69) is 29.6 Å². The van der Waals surface area contributed by atoms with Gasteiger partial charge in [0.1, 0.15) is 0 Å². The summed E-state index contributed by atoms with van der Waals surface area (Å²) in [4.78, 5) is 11.7. The average molecular weight is 340 g/mol. The third-order valence-corrected chi connectivity index (χ3v) is 5.44. The van der Waals surface area contributed by atoms with Gasteiger partial charge in [0, 0.05) is 16.6 Å². The number of benzene rings is 2. The zero-order valence-corrected chi connectivity index (χ0v) is 14.0. The monoisotopic (exact) mass is 339 g/mol. The molecule has 0 saturated heterocycles. The van der Waals surface area contributed by atoms with Crippen molar-refractivity contribution in [3.05, 3.63) is 75.8 Å². The number of carboxylic acids is 1. The fourth-order valence-electron chi connectivity index (χ4n) is 4.04. The summed E-state index contributed by atoms with van der Waals surface area (Å²) in [5.74, 6) is -0.413. The Morgan fingerprint density at radius 3 is 2.67 bits per heavy atom. The summed E-state index contributed by atoms with van der Waals surface area (Å²) in [5.41, 5.74) is 4.55. The van der Waals surface area contributed by atoms with Gasteiger partial charge in [0.05, 0.1) is 11.6 Å². The minimum atomic E-state index is -0.864. The fourth-order valence-corrected chi connectivity index (χ4v) is 4.17. The predicted molar refractivity (Wildman–Crippen MR) is 95.9 cm³/mol. The Kier molecular flexibility index (Phi) is 3.61. The number of halogens is 1. The number of anilines is 1. The highest BCUT2D eigenvalue weighted by atomic mass is 35.5. The summed E-state index contributed by atoms with van der Waals surface area (Å²) in [6.45, 7) is 2.02. The van der Waals surface area contributed by atoms with Crippen LogP contribution in [0.2, 0.25) is 5.02 Å². The molecule has 0 radical (unpaired) electrons. The Bertz CT molecular complexity index is 841. The minimum Gasteiger partial charge on any atom is -0.478 e. The van der Waals surface area contributed by atoms with E-state index >= 15 is 0 Å². The van der Waals surface area contributed by atoms with Gasteiger partial charge in [-0.1, -0.05) is 42.0 Å². The zero-order valence-electron chi connectivity index (χ0n) is 13.3. The average Bonchev–Trinajstić information content (AvgIpc) is 3.05. The first-order valence-corrected chi connectivity index (χ1v) is 8.49. The van der Waals surface area contributed by atoms with Gasteiger partial charge in [-0.3, -0.25) is 0 Å². The van der Waals surface area contributed by atoms with Crippen LogP contribution in [0.3, 0.4) is 0 Å². The maximum atomic E-state index is 11.7. The Labute approximate surface area is 146 Å². The molecule has 2 aromatic rings. The summed E-state index contributed by atoms with van der Waals surface area (Å²) in [7, 11) is 0. The van der Waals surface area contributed by atoms with E-state index in [1.807, 2.05) is 25.1 Å². The molecular formula is C20H18ClNO2. The molecule has 4 heteroatoms. The van der Waals surface area contributed by atoms with Gasteiger partial charge >= 0.3 is 5.97 Å². The number of aromatic carboxylic acids is 1. The lowest BCUT2D eigenvalue weighted by molar-refractivity contribution is 0.0695. The van der Waals surface area contributed by atoms with Gasteiger partial charge < -0.3 is 10.4 Å². The number of rotatable bonds is 2. The van der Waals surface area contributed by atoms with Gasteiger partial charge in [-0.2, -0.15) is 0 Å². The van der Waals surface area contributed by atoms with Gasteiger partial charge in [0.15, 0.2) is 0 Å². The summed E-state index contributed by atoms with van der Waals surface area (Å²) in [6, 6.07) is 11.7. The van der Waals surface area contributed by atoms with E-state index in [9.17, 15) is 9.90 Å². The van der Waals surface area contributed by atoms with E-state index in [4.69, 9.17) is 11.6 Å². The number of nitrogens with one attached hydrogen (secondary N) is 1. The molecule has 122 valence electrons. The lowest BCUT2D eigenvalue weighted by Gasteiger charge is -2.39. The number of carboxylic acid groups (broad SMARTS) is 1. The third kappa shape index (κ3) is 2.31. The van der Waals surface area contributed by atoms with Crippen LogP contribution < -0.4 is 5.32 Å². The maximum absolute atomic E-state index is 11.7. The first kappa shape index (κ1) is 15.3. The molecule has 3 atom stereocenters. The summed E-state index contributed by atoms with van der Waals surface area (Å²) in [5, 5.41) is 13.9. The second-order valence-electron chi connectivity index (χ2n) is 6.55. The number of allylic oxidation sites excluding steroid dienone is 2. The van der Waals surface area contributed by atoms with Crippen molar-refractivity contribution in [2.24, 2.45) is 5.92 Å². The van der Waals surface area contributed by atoms with Crippen LogP contribution in [0.1, 0.15) is 45.4 Å². The summed E-state index contributed by atoms with van der Waals surface area (Å²) < 4.78 is 0. The Morgan fingerprint density at radius 1 is 1.21 bits per heavy atom. The van der Waals surface area contributed by atoms with Crippen molar-refractivity contribution >= 4 is 23.3 Å². The minimum absolute atomic E-state index is 0.132. The van der Waals surface area contributed by atoms with Crippen molar-refractivity contribution in [3.63, 3.8) is 0 Å². The summed E-state index contributed by atoms with van der Waals surface area (Å²) in [6.07, 6.45) is 5.28. The van der Waals surface area contributed by atoms with Crippen molar-refractivity contribution in [2.45, 2.75) is 25.3 Å². The molecule has 0 bridgehead atoms. The maximum Gasteiger partial charge on any atom is 0.336 e. The van der Waals surface area contributed by atoms with Gasteiger partial charge in [0.2, 0.25) is 0 Å². The molecule has 1 aliphatic heterocycles. The van der Waals surface area contributed by atoms with Crippen LogP contribution in [0.5, 0.6) is 0 Å². The smallest absolute Gasteiger partial charge is 0.336 e. The molecule has 0 spiro atoms. The Morgan fingerprint density at radius 2 is 1.96 bits per heavy atom. The standard InChI is InChI=1S/C20H18ClNO2/c1-11-5-10-16(20(23)24)17-14-3-2-4-15(14)19(22-18(11)17)12-6-8-13(21)9-7-12/h2-3,5-10,14-15,19,22H,4H2,1H3,(H,23,24)/t14?,15?,19-/m1/s1. The molecule has 3 nitrogen and oxygen atoms in total. The van der Waals surface area contributed by atoms with Gasteiger partial charge in [0.25, 0.3) is 0 Å². The van der Waals surface area contributed by atoms with E-state index in [0.717, 1.165) is 28.3 Å². The van der Waals surface area contributed by atoms with Gasteiger partial charge in [-0.25, -0.2) is 4.79 Å². The number of carbonyl (C=O) groups is 1. The topological polar surface area (TPSA) is 49.3 Å². The third-order valence-electron chi connectivity index (χ3n) is 5.19. The SMILES string of the molecule is Cc1ccc(C(=O)O)c2c1N[C@H](c1ccc(Cl)cc1)C1CC=CC21. The molecule has 2 N–H and O–H groups in total. The van der Waals surface area contributed by atoms with Crippen LogP contribution in [0, 0.1) is 12.8 Å². The van der Waals surface area contributed by atoms with Crippen molar-refractivity contribution in [3.8, 4) is 0 Å². The molecular weight excluding hydrogens is 322 g/mol. The Balaban J connectivity index is 1.86. The lowest BCUT2D eigenvalue weighted by Crippen LogP contribution is -2.31. The van der Waals surface area contributed by atoms with Crippen LogP contribution in [-0.4, -0.2) is 11.1 Å². The molecule has 0 fully saturated rings. The van der Waals surface area contributed by atoms with Gasteiger partial charge in [-0.05, 0) is 54.2 Å². The number of hydrogen-bond acceptors (Lipinski definition) is 2. The molecule has 1 heterocycles. The van der Waals surface area contributed by atoms with E-state index in [0.29, 0.717) is 11.5 Å². The first-order chi connectivity index (χ1) is 11.6. The van der Waals surface area contributed by atoms with Crippen molar-refractivity contribution in [2.75, 3.05) is 5.32 Å². The van der Waals surface area contributed by atoms with Crippen LogP contribution >= 0.6 is 11.6 Å².